The van der Waals surface area contributed by atoms with E-state index in [4.69, 9.17) is 5.73 Å². The van der Waals surface area contributed by atoms with E-state index in [2.05, 4.69) is 19.7 Å². The van der Waals surface area contributed by atoms with Crippen molar-refractivity contribution in [1.29, 1.82) is 0 Å². The Morgan fingerprint density at radius 3 is 2.50 bits per heavy atom. The SMILES string of the molecule is CC(C)n1c(=O)c(-c2ccc(NS(=O)(=O)C3CCC(F)(F)CC3)c(F)c2)nc2cnc(N)nc21. The number of rotatable bonds is 5. The van der Waals surface area contributed by atoms with Crippen LogP contribution in [0.25, 0.3) is 22.4 Å². The first-order valence-electron chi connectivity index (χ1n) is 10.6. The minimum absolute atomic E-state index is 0.0276. The minimum Gasteiger partial charge on any atom is -0.368 e. The van der Waals surface area contributed by atoms with Gasteiger partial charge in [-0.25, -0.2) is 31.6 Å². The molecular formula is C21H23F3N6O3S. The Labute approximate surface area is 193 Å². The zero-order valence-electron chi connectivity index (χ0n) is 18.4. The largest absolute Gasteiger partial charge is 0.368 e. The van der Waals surface area contributed by atoms with E-state index in [0.717, 1.165) is 6.07 Å². The zero-order chi connectivity index (χ0) is 24.8. The molecule has 0 saturated heterocycles. The molecule has 1 aliphatic rings. The Bertz CT molecular complexity index is 1420. The quantitative estimate of drug-likeness (QED) is 0.553. The fourth-order valence-corrected chi connectivity index (χ4v) is 5.48. The first kappa shape index (κ1) is 23.9. The summed E-state index contributed by atoms with van der Waals surface area (Å²) >= 11 is 0. The molecule has 0 amide bonds. The zero-order valence-corrected chi connectivity index (χ0v) is 19.2. The summed E-state index contributed by atoms with van der Waals surface area (Å²) in [4.78, 5) is 25.4. The monoisotopic (exact) mass is 496 g/mol. The number of alkyl halides is 2. The summed E-state index contributed by atoms with van der Waals surface area (Å²) in [5, 5.41) is -1.04. The fourth-order valence-electron chi connectivity index (χ4n) is 3.99. The lowest BCUT2D eigenvalue weighted by Gasteiger charge is -2.28. The van der Waals surface area contributed by atoms with Crippen molar-refractivity contribution in [2.45, 2.75) is 56.7 Å². The van der Waals surface area contributed by atoms with Gasteiger partial charge in [-0.3, -0.25) is 14.1 Å². The van der Waals surface area contributed by atoms with Crippen LogP contribution in [0.5, 0.6) is 0 Å². The molecular weight excluding hydrogens is 473 g/mol. The topological polar surface area (TPSA) is 133 Å². The smallest absolute Gasteiger partial charge is 0.278 e. The number of aromatic nitrogens is 4. The molecule has 2 aromatic heterocycles. The van der Waals surface area contributed by atoms with Crippen molar-refractivity contribution in [1.82, 2.24) is 19.5 Å². The van der Waals surface area contributed by atoms with Crippen LogP contribution in [0.15, 0.2) is 29.2 Å². The lowest BCUT2D eigenvalue weighted by Crippen LogP contribution is -2.35. The van der Waals surface area contributed by atoms with Crippen molar-refractivity contribution in [3.8, 4) is 11.3 Å². The van der Waals surface area contributed by atoms with Gasteiger partial charge in [0.25, 0.3) is 5.56 Å². The van der Waals surface area contributed by atoms with Crippen molar-refractivity contribution < 1.29 is 21.6 Å². The first-order chi connectivity index (χ1) is 15.9. The number of nitrogen functional groups attached to an aromatic ring is 1. The van der Waals surface area contributed by atoms with E-state index in [-0.39, 0.29) is 52.9 Å². The normalized spacial score (nSPS) is 16.8. The molecule has 0 bridgehead atoms. The third-order valence-electron chi connectivity index (χ3n) is 5.76. The van der Waals surface area contributed by atoms with Crippen molar-refractivity contribution in [2.75, 3.05) is 10.5 Å². The number of fused-ring (bicyclic) bond motifs is 1. The van der Waals surface area contributed by atoms with Crippen LogP contribution in [0.1, 0.15) is 45.6 Å². The van der Waals surface area contributed by atoms with E-state index < -0.39 is 45.4 Å². The molecule has 0 unspecified atom stereocenters. The molecule has 1 fully saturated rings. The third-order valence-corrected chi connectivity index (χ3v) is 7.62. The molecule has 0 radical (unpaired) electrons. The molecule has 2 heterocycles. The van der Waals surface area contributed by atoms with Gasteiger partial charge in [0.2, 0.25) is 21.9 Å². The van der Waals surface area contributed by atoms with E-state index in [1.807, 2.05) is 0 Å². The molecule has 1 aliphatic carbocycles. The Morgan fingerprint density at radius 2 is 1.88 bits per heavy atom. The molecule has 0 atom stereocenters. The van der Waals surface area contributed by atoms with Gasteiger partial charge in [-0.05, 0) is 38.8 Å². The number of benzene rings is 1. The number of hydrogen-bond donors (Lipinski definition) is 2. The number of nitrogens with two attached hydrogens (primary N) is 1. The molecule has 9 nitrogen and oxygen atoms in total. The summed E-state index contributed by atoms with van der Waals surface area (Å²) in [6.07, 6.45) is -0.156. The summed E-state index contributed by atoms with van der Waals surface area (Å²) in [5.74, 6) is -3.85. The standard InChI is InChI=1S/C21H23F3N6O3S/c1-11(2)30-18-16(10-26-20(25)28-18)27-17(19(30)31)12-3-4-15(14(22)9-12)29-34(32,33)13-5-7-21(23,24)8-6-13/h3-4,9-11,13,29H,5-8H2,1-2H3,(H2,25,26,28). The van der Waals surface area contributed by atoms with E-state index in [1.54, 1.807) is 13.8 Å². The van der Waals surface area contributed by atoms with Gasteiger partial charge in [-0.15, -0.1) is 0 Å². The number of nitrogens with one attached hydrogen (secondary N) is 1. The molecule has 3 aromatic rings. The molecule has 0 spiro atoms. The third kappa shape index (κ3) is 4.56. The van der Waals surface area contributed by atoms with Crippen LogP contribution in [-0.2, 0) is 10.0 Å². The van der Waals surface area contributed by atoms with E-state index in [9.17, 15) is 26.4 Å². The summed E-state index contributed by atoms with van der Waals surface area (Å²) in [5.41, 5.74) is 5.32. The van der Waals surface area contributed by atoms with Gasteiger partial charge in [0, 0.05) is 24.4 Å². The maximum atomic E-state index is 14.9. The maximum absolute atomic E-state index is 14.9. The number of anilines is 2. The molecule has 13 heteroatoms. The van der Waals surface area contributed by atoms with Crippen LogP contribution in [0.3, 0.4) is 0 Å². The molecule has 3 N–H and O–H groups in total. The van der Waals surface area contributed by atoms with Crippen molar-refractivity contribution in [2.24, 2.45) is 0 Å². The minimum atomic E-state index is -4.08. The Balaban J connectivity index is 1.68. The highest BCUT2D eigenvalue weighted by Crippen LogP contribution is 2.36. The van der Waals surface area contributed by atoms with Crippen LogP contribution < -0.4 is 16.0 Å². The highest BCUT2D eigenvalue weighted by Gasteiger charge is 2.40. The highest BCUT2D eigenvalue weighted by atomic mass is 32.2. The lowest BCUT2D eigenvalue weighted by atomic mass is 9.96. The molecule has 34 heavy (non-hydrogen) atoms. The van der Waals surface area contributed by atoms with Crippen molar-refractivity contribution in [3.05, 3.63) is 40.6 Å². The molecule has 4 rings (SSSR count). The average molecular weight is 497 g/mol. The molecule has 0 aliphatic heterocycles. The van der Waals surface area contributed by atoms with Crippen LogP contribution >= 0.6 is 0 Å². The molecule has 1 aromatic carbocycles. The second-order valence-corrected chi connectivity index (χ2v) is 10.5. The lowest BCUT2D eigenvalue weighted by molar-refractivity contribution is -0.0328. The van der Waals surface area contributed by atoms with Gasteiger partial charge in [-0.1, -0.05) is 6.07 Å². The molecule has 1 saturated carbocycles. The van der Waals surface area contributed by atoms with Crippen LogP contribution in [0.2, 0.25) is 0 Å². The maximum Gasteiger partial charge on any atom is 0.278 e. The van der Waals surface area contributed by atoms with Gasteiger partial charge in [0.1, 0.15) is 17.0 Å². The van der Waals surface area contributed by atoms with E-state index >= 15 is 0 Å². The van der Waals surface area contributed by atoms with Gasteiger partial charge >= 0.3 is 0 Å². The van der Waals surface area contributed by atoms with Crippen molar-refractivity contribution >= 4 is 32.8 Å². The summed E-state index contributed by atoms with van der Waals surface area (Å²) in [6.45, 7) is 3.53. The van der Waals surface area contributed by atoms with Gasteiger partial charge < -0.3 is 5.73 Å². The first-order valence-corrected chi connectivity index (χ1v) is 12.2. The van der Waals surface area contributed by atoms with Crippen LogP contribution in [0.4, 0.5) is 24.8 Å². The second-order valence-electron chi connectivity index (χ2n) is 8.56. The van der Waals surface area contributed by atoms with Crippen molar-refractivity contribution in [3.63, 3.8) is 0 Å². The average Bonchev–Trinajstić information content (AvgIpc) is 2.74. The Kier molecular flexibility index (Phi) is 6.00. The van der Waals surface area contributed by atoms with E-state index in [1.165, 1.54) is 22.9 Å². The number of sulfonamides is 1. The summed E-state index contributed by atoms with van der Waals surface area (Å²) in [6, 6.07) is 3.20. The predicted octanol–water partition coefficient (Wildman–Crippen LogP) is 3.48. The van der Waals surface area contributed by atoms with Crippen LogP contribution in [0, 0.1) is 5.82 Å². The van der Waals surface area contributed by atoms with Crippen LogP contribution in [-0.4, -0.2) is 39.1 Å². The number of hydrogen-bond acceptors (Lipinski definition) is 7. The second kappa shape index (κ2) is 8.53. The Hall–Kier alpha value is -3.22. The molecule has 182 valence electrons. The predicted molar refractivity (Wildman–Crippen MR) is 122 cm³/mol. The fraction of sp³-hybridized carbons (Fsp3) is 0.429. The number of halogens is 3. The number of nitrogens with zero attached hydrogens (tertiary/aromatic N) is 4. The Morgan fingerprint density at radius 1 is 1.21 bits per heavy atom. The van der Waals surface area contributed by atoms with Gasteiger partial charge in [0.05, 0.1) is 17.1 Å². The highest BCUT2D eigenvalue weighted by molar-refractivity contribution is 7.93. The van der Waals surface area contributed by atoms with Gasteiger partial charge in [-0.2, -0.15) is 4.98 Å². The summed E-state index contributed by atoms with van der Waals surface area (Å²) < 4.78 is 70.4. The summed E-state index contributed by atoms with van der Waals surface area (Å²) in [7, 11) is -4.08. The van der Waals surface area contributed by atoms with E-state index in [0.29, 0.717) is 0 Å². The van der Waals surface area contributed by atoms with Gasteiger partial charge in [0.15, 0.2) is 5.65 Å².